The van der Waals surface area contributed by atoms with E-state index < -0.39 is 32.9 Å². The SMILES string of the molecule is CC1(C)[C@@]2(C)CC[C@]1(C(=O)N(CC13CC4CC(CC(C4)C1)C3)C[C@]1(O)CC[C@H]3[C@]45C=C[C@@]6(C=C4C(=O)C4CCCCC4)CC(O)CC[C@]6(C)[C@H]5CC[C@@]31C)OC2=O. The monoisotopic (exact) mass is 782 g/mol. The lowest BCUT2D eigenvalue weighted by Crippen LogP contribution is -2.68. The van der Waals surface area contributed by atoms with Crippen LogP contribution in [0.4, 0.5) is 0 Å². The summed E-state index contributed by atoms with van der Waals surface area (Å²) < 4.78 is 6.35. The molecule has 0 aromatic rings. The molecule has 1 amide bonds. The van der Waals surface area contributed by atoms with Gasteiger partial charge in [-0.15, -0.1) is 0 Å². The van der Waals surface area contributed by atoms with Crippen molar-refractivity contribution in [2.24, 2.45) is 73.4 Å². The largest absolute Gasteiger partial charge is 0.448 e. The van der Waals surface area contributed by atoms with Crippen LogP contribution in [0.1, 0.15) is 163 Å². The number of esters is 1. The van der Waals surface area contributed by atoms with Gasteiger partial charge in [0.1, 0.15) is 0 Å². The maximum absolute atomic E-state index is 15.7. The van der Waals surface area contributed by atoms with Gasteiger partial charge in [0.15, 0.2) is 11.4 Å². The first-order valence-corrected chi connectivity index (χ1v) is 23.8. The molecule has 1 saturated heterocycles. The van der Waals surface area contributed by atoms with Crippen LogP contribution in [-0.2, 0) is 19.1 Å². The number of aliphatic hydroxyl groups is 2. The topological polar surface area (TPSA) is 104 Å². The van der Waals surface area contributed by atoms with Crippen molar-refractivity contribution in [3.63, 3.8) is 0 Å². The van der Waals surface area contributed by atoms with E-state index in [2.05, 4.69) is 50.8 Å². The van der Waals surface area contributed by atoms with Gasteiger partial charge in [0.2, 0.25) is 0 Å². The van der Waals surface area contributed by atoms with Crippen LogP contribution in [0, 0.1) is 73.4 Å². The van der Waals surface area contributed by atoms with Crippen molar-refractivity contribution in [3.05, 3.63) is 23.8 Å². The Morgan fingerprint density at radius 2 is 1.39 bits per heavy atom. The third kappa shape index (κ3) is 4.51. The summed E-state index contributed by atoms with van der Waals surface area (Å²) in [4.78, 5) is 46.5. The Labute approximate surface area is 341 Å². The standard InChI is InChI=1S/C50H71NO6/c1-42(2)45(5)17-20-50(42,57-41(45)55)40(54)51(29-46-24-31-21-32(25-46)23-33(22-31)26-46)30-48(56)16-13-38-44(48,4)15-12-37-43(3)14-11-35(52)27-47(43)18-19-49(37,38)36(28-47)39(53)34-9-7-6-8-10-34/h18-19,28,31-35,37-38,52,56H,6-17,20-27,29-30H2,1-5H3/t31?,32?,33?,35?,37-,38-,43-,44+,45+,46?,47+,48-,49-,50-/m1/s1. The molecule has 1 unspecified atom stereocenters. The van der Waals surface area contributed by atoms with Crippen LogP contribution in [0.3, 0.4) is 0 Å². The lowest BCUT2D eigenvalue weighted by molar-refractivity contribution is -0.192. The van der Waals surface area contributed by atoms with Gasteiger partial charge in [0.05, 0.1) is 23.7 Å². The van der Waals surface area contributed by atoms with Gasteiger partial charge in [-0.2, -0.15) is 0 Å². The van der Waals surface area contributed by atoms with Crippen molar-refractivity contribution in [1.82, 2.24) is 4.90 Å². The Hall–Kier alpha value is -1.99. The Bertz CT molecular complexity index is 1820. The lowest BCUT2D eigenvalue weighted by Gasteiger charge is -2.71. The first-order valence-electron chi connectivity index (χ1n) is 23.8. The fourth-order valence-electron chi connectivity index (χ4n) is 18.6. The number of ether oxygens (including phenoxy) is 1. The maximum Gasteiger partial charge on any atom is 0.313 e. The number of fused-ring (bicyclic) bond motifs is 3. The van der Waals surface area contributed by atoms with Crippen molar-refractivity contribution in [3.8, 4) is 0 Å². The molecule has 13 rings (SSSR count). The number of allylic oxidation sites excluding steroid dienone is 4. The number of hydrogen-bond donors (Lipinski definition) is 2. The Kier molecular flexibility index (Phi) is 7.78. The molecular weight excluding hydrogens is 711 g/mol. The molecule has 1 heterocycles. The molecule has 8 bridgehead atoms. The molecule has 10 atom stereocenters. The van der Waals surface area contributed by atoms with Crippen molar-refractivity contribution in [2.75, 3.05) is 13.1 Å². The molecule has 2 spiro atoms. The van der Waals surface area contributed by atoms with Crippen molar-refractivity contribution >= 4 is 17.7 Å². The molecule has 1 aliphatic heterocycles. The number of carbonyl (C=O) groups excluding carboxylic acids is 3. The van der Waals surface area contributed by atoms with Gasteiger partial charge in [0, 0.05) is 39.7 Å². The number of aliphatic hydroxyl groups excluding tert-OH is 1. The second-order valence-corrected chi connectivity index (χ2v) is 24.3. The summed E-state index contributed by atoms with van der Waals surface area (Å²) in [6, 6.07) is 0. The quantitative estimate of drug-likeness (QED) is 0.198. The first kappa shape index (κ1) is 38.0. The summed E-state index contributed by atoms with van der Waals surface area (Å²) in [6.07, 6.45) is 26.5. The molecule has 7 nitrogen and oxygen atoms in total. The number of Topliss-reactive ketones (excluding diaryl/α,β-unsaturated/α-hetero) is 1. The third-order valence-electron chi connectivity index (χ3n) is 21.8. The number of carbonyl (C=O) groups is 3. The van der Waals surface area contributed by atoms with Crippen LogP contribution in [-0.4, -0.2) is 63.2 Å². The van der Waals surface area contributed by atoms with E-state index in [1.165, 1.54) is 25.7 Å². The summed E-state index contributed by atoms with van der Waals surface area (Å²) >= 11 is 0. The van der Waals surface area contributed by atoms with Gasteiger partial charge >= 0.3 is 5.97 Å². The normalized spacial score (nSPS) is 53.6. The number of nitrogens with zero attached hydrogens (tertiary/aromatic N) is 1. The fourth-order valence-corrected chi connectivity index (χ4v) is 18.6. The molecule has 0 radical (unpaired) electrons. The highest BCUT2D eigenvalue weighted by atomic mass is 16.6. The molecule has 57 heavy (non-hydrogen) atoms. The van der Waals surface area contributed by atoms with Crippen LogP contribution in [0.15, 0.2) is 23.8 Å². The van der Waals surface area contributed by atoms with Crippen LogP contribution in [0.2, 0.25) is 0 Å². The van der Waals surface area contributed by atoms with Crippen molar-refractivity contribution in [2.45, 2.75) is 180 Å². The van der Waals surface area contributed by atoms with Crippen LogP contribution >= 0.6 is 0 Å². The predicted molar refractivity (Wildman–Crippen MR) is 217 cm³/mol. The van der Waals surface area contributed by atoms with Gasteiger partial charge in [-0.25, -0.2) is 0 Å². The summed E-state index contributed by atoms with van der Waals surface area (Å²) in [5, 5.41) is 24.8. The Morgan fingerprint density at radius 1 is 0.754 bits per heavy atom. The Balaban J connectivity index is 0.990. The van der Waals surface area contributed by atoms with E-state index >= 15 is 9.59 Å². The molecule has 0 aromatic carbocycles. The highest BCUT2D eigenvalue weighted by molar-refractivity contribution is 6.00. The molecule has 13 aliphatic rings. The summed E-state index contributed by atoms with van der Waals surface area (Å²) in [7, 11) is 0. The van der Waals surface area contributed by atoms with E-state index in [1.807, 2.05) is 6.92 Å². The zero-order valence-electron chi connectivity index (χ0n) is 35.8. The number of hydrogen-bond acceptors (Lipinski definition) is 6. The number of amides is 1. The molecule has 10 fully saturated rings. The van der Waals surface area contributed by atoms with Crippen molar-refractivity contribution < 1.29 is 29.3 Å². The molecular formula is C50H71NO6. The minimum atomic E-state index is -1.21. The average Bonchev–Trinajstić information content (AvgIpc) is 3.61. The van der Waals surface area contributed by atoms with E-state index in [0.717, 1.165) is 100 Å². The van der Waals surface area contributed by atoms with Gasteiger partial charge in [-0.3, -0.25) is 14.4 Å². The third-order valence-corrected chi connectivity index (χ3v) is 21.8. The Morgan fingerprint density at radius 3 is 2.02 bits per heavy atom. The highest BCUT2D eigenvalue weighted by Crippen LogP contribution is 2.79. The van der Waals surface area contributed by atoms with Gasteiger partial charge in [-0.05, 0) is 156 Å². The number of ketones is 1. The minimum Gasteiger partial charge on any atom is -0.448 e. The second-order valence-electron chi connectivity index (χ2n) is 24.3. The highest BCUT2D eigenvalue weighted by Gasteiger charge is 2.78. The molecule has 0 aromatic heterocycles. The zero-order valence-corrected chi connectivity index (χ0v) is 35.8. The van der Waals surface area contributed by atoms with Crippen molar-refractivity contribution in [1.29, 1.82) is 0 Å². The summed E-state index contributed by atoms with van der Waals surface area (Å²) in [6.45, 7) is 11.9. The van der Waals surface area contributed by atoms with E-state index in [9.17, 15) is 15.0 Å². The van der Waals surface area contributed by atoms with Crippen LogP contribution in [0.25, 0.3) is 0 Å². The molecule has 7 heteroatoms. The van der Waals surface area contributed by atoms with Gasteiger partial charge in [-0.1, -0.05) is 65.2 Å². The molecule has 312 valence electrons. The summed E-state index contributed by atoms with van der Waals surface area (Å²) in [5.41, 5.74) is -4.01. The first-order chi connectivity index (χ1) is 26.9. The van der Waals surface area contributed by atoms with Crippen LogP contribution < -0.4 is 0 Å². The smallest absolute Gasteiger partial charge is 0.313 e. The lowest BCUT2D eigenvalue weighted by atomic mass is 9.32. The van der Waals surface area contributed by atoms with E-state index in [-0.39, 0.29) is 58.5 Å². The van der Waals surface area contributed by atoms with Gasteiger partial charge in [0.25, 0.3) is 5.91 Å². The zero-order chi connectivity index (χ0) is 39.8. The second kappa shape index (κ2) is 11.7. The summed E-state index contributed by atoms with van der Waals surface area (Å²) in [5.74, 6) is 2.64. The maximum atomic E-state index is 15.7. The van der Waals surface area contributed by atoms with Gasteiger partial charge < -0.3 is 19.8 Å². The van der Waals surface area contributed by atoms with E-state index in [0.29, 0.717) is 38.0 Å². The predicted octanol–water partition coefficient (Wildman–Crippen LogP) is 8.89. The van der Waals surface area contributed by atoms with E-state index in [4.69, 9.17) is 4.74 Å². The van der Waals surface area contributed by atoms with E-state index in [1.54, 1.807) is 0 Å². The average molecular weight is 782 g/mol. The fraction of sp³-hybridized carbons (Fsp3) is 0.860. The minimum absolute atomic E-state index is 0.0552. The molecule has 12 aliphatic carbocycles. The van der Waals surface area contributed by atoms with Crippen LogP contribution in [0.5, 0.6) is 0 Å². The molecule has 9 saturated carbocycles. The molecule has 2 N–H and O–H groups in total. The number of rotatable bonds is 7.